The molecule has 0 heterocycles. The lowest BCUT2D eigenvalue weighted by Gasteiger charge is -2.09. The molecule has 0 aromatic heterocycles. The lowest BCUT2D eigenvalue weighted by Crippen LogP contribution is -2.20. The predicted octanol–water partition coefficient (Wildman–Crippen LogP) is 1.38. The molecule has 4 nitrogen and oxygen atoms in total. The molecule has 0 atom stereocenters. The summed E-state index contributed by atoms with van der Waals surface area (Å²) in [5.74, 6) is 0. The van der Waals surface area contributed by atoms with E-state index in [0.29, 0.717) is 11.4 Å². The maximum Gasteiger partial charge on any atom is 0.316 e. The maximum atomic E-state index is 10.6. The van der Waals surface area contributed by atoms with Crippen molar-refractivity contribution in [3.63, 3.8) is 0 Å². The van der Waals surface area contributed by atoms with E-state index in [4.69, 9.17) is 11.5 Å². The Balaban J connectivity index is 3.08. The Hall–Kier alpha value is -1.71. The molecule has 0 aliphatic rings. The summed E-state index contributed by atoms with van der Waals surface area (Å²) in [6, 6.07) is 3.03. The molecule has 0 saturated heterocycles. The summed E-state index contributed by atoms with van der Waals surface area (Å²) in [7, 11) is 0. The molecule has 0 fully saturated rings. The van der Waals surface area contributed by atoms with E-state index in [9.17, 15) is 4.79 Å². The third-order valence-electron chi connectivity index (χ3n) is 1.87. The number of hydrogen-bond acceptors (Lipinski definition) is 2. The number of hydrogen-bond donors (Lipinski definition) is 3. The highest BCUT2D eigenvalue weighted by atomic mass is 16.2. The summed E-state index contributed by atoms with van der Waals surface area (Å²) in [4.78, 5) is 10.6. The van der Waals surface area contributed by atoms with Gasteiger partial charge in [-0.15, -0.1) is 0 Å². The van der Waals surface area contributed by atoms with E-state index < -0.39 is 6.03 Å². The van der Waals surface area contributed by atoms with Crippen LogP contribution < -0.4 is 16.8 Å². The van der Waals surface area contributed by atoms with Gasteiger partial charge in [-0.3, -0.25) is 0 Å². The van der Waals surface area contributed by atoms with Crippen LogP contribution in [0.3, 0.4) is 0 Å². The van der Waals surface area contributed by atoms with E-state index >= 15 is 0 Å². The molecule has 4 heteroatoms. The molecule has 13 heavy (non-hydrogen) atoms. The zero-order valence-electron chi connectivity index (χ0n) is 7.72. The number of primary amides is 1. The van der Waals surface area contributed by atoms with E-state index in [1.54, 1.807) is 6.07 Å². The largest absolute Gasteiger partial charge is 0.398 e. The van der Waals surface area contributed by atoms with Crippen LogP contribution in [0.25, 0.3) is 0 Å². The highest BCUT2D eigenvalue weighted by Crippen LogP contribution is 2.21. The molecule has 70 valence electrons. The number of carbonyl (C=O) groups excluding carboxylic acids is 1. The molecule has 2 amide bonds. The number of urea groups is 1. The number of aryl methyl sites for hydroxylation is 2. The van der Waals surface area contributed by atoms with Gasteiger partial charge in [0.2, 0.25) is 0 Å². The SMILES string of the molecule is Cc1cc(C)c(NC(N)=O)cc1N. The molecule has 0 aliphatic carbocycles. The normalized spacial score (nSPS) is 9.69. The third-order valence-corrected chi connectivity index (χ3v) is 1.87. The minimum absolute atomic E-state index is 0.577. The minimum atomic E-state index is -0.577. The maximum absolute atomic E-state index is 10.6. The highest BCUT2D eigenvalue weighted by molar-refractivity contribution is 5.89. The number of rotatable bonds is 1. The van der Waals surface area contributed by atoms with Crippen LogP contribution in [0.1, 0.15) is 11.1 Å². The predicted molar refractivity (Wildman–Crippen MR) is 53.5 cm³/mol. The molecule has 1 rings (SSSR count). The first-order chi connectivity index (χ1) is 6.00. The lowest BCUT2D eigenvalue weighted by atomic mass is 10.1. The van der Waals surface area contributed by atoms with E-state index in [-0.39, 0.29) is 0 Å². The third kappa shape index (κ3) is 2.11. The van der Waals surface area contributed by atoms with Crippen molar-refractivity contribution >= 4 is 17.4 Å². The second-order valence-corrected chi connectivity index (χ2v) is 3.01. The van der Waals surface area contributed by atoms with E-state index in [2.05, 4.69) is 5.32 Å². The van der Waals surface area contributed by atoms with Crippen molar-refractivity contribution in [1.82, 2.24) is 0 Å². The van der Waals surface area contributed by atoms with Gasteiger partial charge in [-0.1, -0.05) is 6.07 Å². The highest BCUT2D eigenvalue weighted by Gasteiger charge is 2.03. The van der Waals surface area contributed by atoms with Crippen LogP contribution in [0.2, 0.25) is 0 Å². The summed E-state index contributed by atoms with van der Waals surface area (Å²) in [5.41, 5.74) is 13.9. The Bertz CT molecular complexity index is 347. The van der Waals surface area contributed by atoms with E-state index in [1.807, 2.05) is 19.9 Å². The zero-order chi connectivity index (χ0) is 10.0. The second kappa shape index (κ2) is 3.35. The molecule has 0 bridgehead atoms. The minimum Gasteiger partial charge on any atom is -0.398 e. The molecule has 1 aromatic carbocycles. The molecule has 1 aromatic rings. The van der Waals surface area contributed by atoms with Crippen LogP contribution in [0.15, 0.2) is 12.1 Å². The van der Waals surface area contributed by atoms with Crippen LogP contribution >= 0.6 is 0 Å². The fourth-order valence-electron chi connectivity index (χ4n) is 1.14. The number of carbonyl (C=O) groups is 1. The first kappa shape index (κ1) is 9.38. The number of benzene rings is 1. The van der Waals surface area contributed by atoms with Crippen molar-refractivity contribution in [2.75, 3.05) is 11.1 Å². The van der Waals surface area contributed by atoms with Crippen LogP contribution in [-0.2, 0) is 0 Å². The van der Waals surface area contributed by atoms with Gasteiger partial charge in [-0.2, -0.15) is 0 Å². The van der Waals surface area contributed by atoms with Crippen molar-refractivity contribution in [1.29, 1.82) is 0 Å². The summed E-state index contributed by atoms with van der Waals surface area (Å²) < 4.78 is 0. The van der Waals surface area contributed by atoms with Crippen molar-refractivity contribution in [2.24, 2.45) is 5.73 Å². The Morgan fingerprint density at radius 1 is 1.31 bits per heavy atom. The summed E-state index contributed by atoms with van der Waals surface area (Å²) in [5, 5.41) is 2.50. The lowest BCUT2D eigenvalue weighted by molar-refractivity contribution is 0.259. The number of anilines is 2. The number of nitrogens with two attached hydrogens (primary N) is 2. The molecular weight excluding hydrogens is 166 g/mol. The van der Waals surface area contributed by atoms with E-state index in [0.717, 1.165) is 11.1 Å². The Morgan fingerprint density at radius 2 is 1.92 bits per heavy atom. The average molecular weight is 179 g/mol. The summed E-state index contributed by atoms with van der Waals surface area (Å²) in [6.07, 6.45) is 0. The van der Waals surface area contributed by atoms with Gasteiger partial charge < -0.3 is 16.8 Å². The fraction of sp³-hybridized carbons (Fsp3) is 0.222. The van der Waals surface area contributed by atoms with Gasteiger partial charge in [0.25, 0.3) is 0 Å². The monoisotopic (exact) mass is 179 g/mol. The van der Waals surface area contributed by atoms with Crippen molar-refractivity contribution < 1.29 is 4.79 Å². The quantitative estimate of drug-likeness (QED) is 0.569. The van der Waals surface area contributed by atoms with Crippen molar-refractivity contribution in [3.05, 3.63) is 23.3 Å². The number of nitrogens with one attached hydrogen (secondary N) is 1. The van der Waals surface area contributed by atoms with Crippen LogP contribution in [0.4, 0.5) is 16.2 Å². The van der Waals surface area contributed by atoms with Gasteiger partial charge >= 0.3 is 6.03 Å². The van der Waals surface area contributed by atoms with Gasteiger partial charge in [-0.05, 0) is 31.0 Å². The summed E-state index contributed by atoms with van der Waals surface area (Å²) in [6.45, 7) is 3.80. The Kier molecular flexibility index (Phi) is 2.41. The van der Waals surface area contributed by atoms with Gasteiger partial charge in [-0.25, -0.2) is 4.79 Å². The molecule has 0 saturated carbocycles. The van der Waals surface area contributed by atoms with Crippen LogP contribution in [-0.4, -0.2) is 6.03 Å². The molecular formula is C9H13N3O. The molecule has 5 N–H and O–H groups in total. The first-order valence-corrected chi connectivity index (χ1v) is 3.94. The smallest absolute Gasteiger partial charge is 0.316 e. The number of nitrogen functional groups attached to an aromatic ring is 1. The Morgan fingerprint density at radius 3 is 2.46 bits per heavy atom. The zero-order valence-corrected chi connectivity index (χ0v) is 7.72. The van der Waals surface area contributed by atoms with Gasteiger partial charge in [0, 0.05) is 11.4 Å². The molecule has 0 radical (unpaired) electrons. The first-order valence-electron chi connectivity index (χ1n) is 3.94. The Labute approximate surface area is 76.9 Å². The molecule has 0 spiro atoms. The standard InChI is InChI=1S/C9H13N3O/c1-5-3-6(2)8(4-7(5)10)12-9(11)13/h3-4H,10H2,1-2H3,(H3,11,12,13). The molecule has 0 aliphatic heterocycles. The van der Waals surface area contributed by atoms with Crippen LogP contribution in [0, 0.1) is 13.8 Å². The summed E-state index contributed by atoms with van der Waals surface area (Å²) >= 11 is 0. The molecule has 0 unspecified atom stereocenters. The second-order valence-electron chi connectivity index (χ2n) is 3.01. The van der Waals surface area contributed by atoms with Crippen molar-refractivity contribution in [2.45, 2.75) is 13.8 Å². The number of amides is 2. The van der Waals surface area contributed by atoms with E-state index in [1.165, 1.54) is 0 Å². The fourth-order valence-corrected chi connectivity index (χ4v) is 1.14. The van der Waals surface area contributed by atoms with Crippen molar-refractivity contribution in [3.8, 4) is 0 Å². The van der Waals surface area contributed by atoms with Gasteiger partial charge in [0.15, 0.2) is 0 Å². The topological polar surface area (TPSA) is 81.1 Å². The van der Waals surface area contributed by atoms with Crippen LogP contribution in [0.5, 0.6) is 0 Å². The van der Waals surface area contributed by atoms with Gasteiger partial charge in [0.1, 0.15) is 0 Å². The van der Waals surface area contributed by atoms with Gasteiger partial charge in [0.05, 0.1) is 0 Å². The average Bonchev–Trinajstić information content (AvgIpc) is 1.99.